The van der Waals surface area contributed by atoms with Gasteiger partial charge in [-0.25, -0.2) is 0 Å². The molecule has 0 spiro atoms. The van der Waals surface area contributed by atoms with Crippen molar-refractivity contribution in [2.45, 2.75) is 20.4 Å². The molecule has 0 aliphatic heterocycles. The molecule has 28 heavy (non-hydrogen) atoms. The lowest BCUT2D eigenvalue weighted by atomic mass is 10.1. The van der Waals surface area contributed by atoms with Gasteiger partial charge < -0.3 is 24.3 Å². The highest BCUT2D eigenvalue weighted by atomic mass is 35.5. The van der Waals surface area contributed by atoms with Gasteiger partial charge in [0.1, 0.15) is 0 Å². The fourth-order valence-electron chi connectivity index (χ4n) is 2.52. The molecule has 0 saturated carbocycles. The molecule has 0 atom stereocenters. The van der Waals surface area contributed by atoms with Crippen LogP contribution in [0.2, 0.25) is 5.02 Å². The van der Waals surface area contributed by atoms with E-state index in [-0.39, 0.29) is 5.91 Å². The topological polar surface area (TPSA) is 66.0 Å². The molecule has 0 unspecified atom stereocenters. The summed E-state index contributed by atoms with van der Waals surface area (Å²) in [7, 11) is 4.65. The largest absolute Gasteiger partial charge is 0.493 e. The molecule has 0 bridgehead atoms. The van der Waals surface area contributed by atoms with E-state index in [2.05, 4.69) is 5.32 Å². The first-order valence-corrected chi connectivity index (χ1v) is 9.26. The van der Waals surface area contributed by atoms with Crippen molar-refractivity contribution in [3.05, 3.63) is 46.5 Å². The molecule has 1 amide bonds. The summed E-state index contributed by atoms with van der Waals surface area (Å²) in [6, 6.07) is 8.66. The average Bonchev–Trinajstić information content (AvgIpc) is 2.69. The summed E-state index contributed by atoms with van der Waals surface area (Å²) in [6.45, 7) is 4.90. The maximum Gasteiger partial charge on any atom is 0.251 e. The molecule has 0 aliphatic carbocycles. The van der Waals surface area contributed by atoms with Crippen molar-refractivity contribution < 1.29 is 23.7 Å². The fraction of sp³-hybridized carbons (Fsp3) is 0.381. The SMILES string of the molecule is COc1ccc(CNC(=O)c2cc(Cl)c(OCC(C)C)c(OC)c2)cc1OC. The number of nitrogens with one attached hydrogen (secondary N) is 1. The van der Waals surface area contributed by atoms with E-state index in [1.807, 2.05) is 26.0 Å². The van der Waals surface area contributed by atoms with Crippen molar-refractivity contribution in [3.8, 4) is 23.0 Å². The number of ether oxygens (including phenoxy) is 4. The molecule has 2 aromatic carbocycles. The molecule has 0 radical (unpaired) electrons. The van der Waals surface area contributed by atoms with Crippen LogP contribution in [0.5, 0.6) is 23.0 Å². The summed E-state index contributed by atoms with van der Waals surface area (Å²) in [5.41, 5.74) is 1.26. The molecule has 7 heteroatoms. The summed E-state index contributed by atoms with van der Waals surface area (Å²) in [6.07, 6.45) is 0. The second-order valence-corrected chi connectivity index (χ2v) is 6.97. The summed E-state index contributed by atoms with van der Waals surface area (Å²) >= 11 is 6.32. The highest BCUT2D eigenvalue weighted by molar-refractivity contribution is 6.32. The van der Waals surface area contributed by atoms with E-state index in [1.54, 1.807) is 32.4 Å². The molecular formula is C21H26ClNO5. The first kappa shape index (κ1) is 21.7. The monoisotopic (exact) mass is 407 g/mol. The zero-order valence-corrected chi connectivity index (χ0v) is 17.6. The molecule has 2 rings (SSSR count). The smallest absolute Gasteiger partial charge is 0.251 e. The Balaban J connectivity index is 2.13. The minimum Gasteiger partial charge on any atom is -0.493 e. The van der Waals surface area contributed by atoms with Crippen molar-refractivity contribution in [1.29, 1.82) is 0 Å². The van der Waals surface area contributed by atoms with Gasteiger partial charge >= 0.3 is 0 Å². The Morgan fingerprint density at radius 3 is 2.29 bits per heavy atom. The lowest BCUT2D eigenvalue weighted by molar-refractivity contribution is 0.0950. The Bertz CT molecular complexity index is 823. The maximum absolute atomic E-state index is 12.6. The highest BCUT2D eigenvalue weighted by Gasteiger charge is 2.16. The van der Waals surface area contributed by atoms with E-state index in [0.29, 0.717) is 52.7 Å². The number of amides is 1. The molecular weight excluding hydrogens is 382 g/mol. The minimum atomic E-state index is -0.273. The van der Waals surface area contributed by atoms with E-state index in [4.69, 9.17) is 30.5 Å². The van der Waals surface area contributed by atoms with Gasteiger partial charge in [0.15, 0.2) is 23.0 Å². The summed E-state index contributed by atoms with van der Waals surface area (Å²) in [4.78, 5) is 12.6. The normalized spacial score (nSPS) is 10.5. The first-order chi connectivity index (χ1) is 13.4. The Morgan fingerprint density at radius 1 is 1.00 bits per heavy atom. The van der Waals surface area contributed by atoms with Crippen molar-refractivity contribution in [1.82, 2.24) is 5.32 Å². The number of methoxy groups -OCH3 is 3. The second kappa shape index (κ2) is 10.1. The van der Waals surface area contributed by atoms with Gasteiger partial charge in [-0.2, -0.15) is 0 Å². The molecule has 1 N–H and O–H groups in total. The second-order valence-electron chi connectivity index (χ2n) is 6.57. The van der Waals surface area contributed by atoms with Gasteiger partial charge in [0, 0.05) is 12.1 Å². The Hall–Kier alpha value is -2.60. The van der Waals surface area contributed by atoms with Crippen LogP contribution in [0.1, 0.15) is 29.8 Å². The molecule has 2 aromatic rings. The summed E-state index contributed by atoms with van der Waals surface area (Å²) < 4.78 is 21.6. The summed E-state index contributed by atoms with van der Waals surface area (Å²) in [5, 5.41) is 3.19. The average molecular weight is 408 g/mol. The van der Waals surface area contributed by atoms with Gasteiger partial charge in [-0.1, -0.05) is 31.5 Å². The van der Waals surface area contributed by atoms with E-state index in [9.17, 15) is 4.79 Å². The van der Waals surface area contributed by atoms with Crippen LogP contribution in [0, 0.1) is 5.92 Å². The molecule has 0 heterocycles. The zero-order chi connectivity index (χ0) is 20.7. The van der Waals surface area contributed by atoms with Crippen LogP contribution in [0.4, 0.5) is 0 Å². The number of hydrogen-bond acceptors (Lipinski definition) is 5. The fourth-order valence-corrected chi connectivity index (χ4v) is 2.78. The molecule has 0 aromatic heterocycles. The zero-order valence-electron chi connectivity index (χ0n) is 16.8. The molecule has 0 aliphatic rings. The molecule has 6 nitrogen and oxygen atoms in total. The van der Waals surface area contributed by atoms with Crippen molar-refractivity contribution >= 4 is 17.5 Å². The van der Waals surface area contributed by atoms with Crippen LogP contribution in [-0.4, -0.2) is 33.8 Å². The van der Waals surface area contributed by atoms with Gasteiger partial charge in [-0.3, -0.25) is 4.79 Å². The third-order valence-electron chi connectivity index (χ3n) is 3.95. The number of carbonyl (C=O) groups is 1. The van der Waals surface area contributed by atoms with E-state index in [0.717, 1.165) is 5.56 Å². The van der Waals surface area contributed by atoms with Crippen molar-refractivity contribution in [2.75, 3.05) is 27.9 Å². The van der Waals surface area contributed by atoms with E-state index < -0.39 is 0 Å². The van der Waals surface area contributed by atoms with Crippen LogP contribution in [0.15, 0.2) is 30.3 Å². The molecule has 152 valence electrons. The van der Waals surface area contributed by atoms with Crippen LogP contribution in [0.25, 0.3) is 0 Å². The van der Waals surface area contributed by atoms with Gasteiger partial charge in [-0.15, -0.1) is 0 Å². The maximum atomic E-state index is 12.6. The first-order valence-electron chi connectivity index (χ1n) is 8.89. The Morgan fingerprint density at radius 2 is 1.68 bits per heavy atom. The molecule has 0 fully saturated rings. The third kappa shape index (κ3) is 5.45. The van der Waals surface area contributed by atoms with Crippen molar-refractivity contribution in [3.63, 3.8) is 0 Å². The molecule has 0 saturated heterocycles. The lowest BCUT2D eigenvalue weighted by Gasteiger charge is -2.15. The number of halogens is 1. The predicted octanol–water partition coefficient (Wildman–Crippen LogP) is 4.33. The quantitative estimate of drug-likeness (QED) is 0.670. The van der Waals surface area contributed by atoms with Crippen LogP contribution in [-0.2, 0) is 6.54 Å². The van der Waals surface area contributed by atoms with Gasteiger partial charge in [0.25, 0.3) is 5.91 Å². The minimum absolute atomic E-state index is 0.273. The Labute approximate surface area is 170 Å². The third-order valence-corrected chi connectivity index (χ3v) is 4.23. The number of benzene rings is 2. The Kier molecular flexibility index (Phi) is 7.81. The highest BCUT2D eigenvalue weighted by Crippen LogP contribution is 2.36. The predicted molar refractivity (Wildman–Crippen MR) is 109 cm³/mol. The van der Waals surface area contributed by atoms with Gasteiger partial charge in [0.05, 0.1) is 33.0 Å². The summed E-state index contributed by atoms with van der Waals surface area (Å²) in [5.74, 6) is 2.16. The van der Waals surface area contributed by atoms with Gasteiger partial charge in [-0.05, 0) is 35.7 Å². The standard InChI is InChI=1S/C21H26ClNO5/c1-13(2)12-28-20-16(22)9-15(10-19(20)27-5)21(24)23-11-14-6-7-17(25-3)18(8-14)26-4/h6-10,13H,11-12H2,1-5H3,(H,23,24). The van der Waals surface area contributed by atoms with Crippen molar-refractivity contribution in [2.24, 2.45) is 5.92 Å². The number of carbonyl (C=O) groups excluding carboxylic acids is 1. The van der Waals surface area contributed by atoms with Gasteiger partial charge in [0.2, 0.25) is 0 Å². The van der Waals surface area contributed by atoms with Crippen LogP contribution < -0.4 is 24.3 Å². The van der Waals surface area contributed by atoms with Crippen LogP contribution in [0.3, 0.4) is 0 Å². The van der Waals surface area contributed by atoms with Crippen LogP contribution >= 0.6 is 11.6 Å². The van der Waals surface area contributed by atoms with E-state index >= 15 is 0 Å². The van der Waals surface area contributed by atoms with E-state index in [1.165, 1.54) is 7.11 Å². The number of rotatable bonds is 9. The number of hydrogen-bond donors (Lipinski definition) is 1. The lowest BCUT2D eigenvalue weighted by Crippen LogP contribution is -2.23.